The molecule has 26 heavy (non-hydrogen) atoms. The zero-order chi connectivity index (χ0) is 17.9. The third kappa shape index (κ3) is 3.64. The predicted molar refractivity (Wildman–Crippen MR) is 96.6 cm³/mol. The Morgan fingerprint density at radius 2 is 2.35 bits per heavy atom. The Balaban J connectivity index is 1.40. The summed E-state index contributed by atoms with van der Waals surface area (Å²) in [7, 11) is 2.08. The van der Waals surface area contributed by atoms with Crippen LogP contribution in [0.1, 0.15) is 40.2 Å². The quantitative estimate of drug-likeness (QED) is 0.902. The van der Waals surface area contributed by atoms with E-state index in [1.165, 1.54) is 0 Å². The molecule has 0 saturated carbocycles. The number of carbonyl (C=O) groups is 1. The third-order valence-electron chi connectivity index (χ3n) is 5.20. The minimum Gasteiger partial charge on any atom is -0.372 e. The lowest BCUT2D eigenvalue weighted by Gasteiger charge is -2.32. The van der Waals surface area contributed by atoms with Crippen molar-refractivity contribution >= 4 is 5.91 Å². The van der Waals surface area contributed by atoms with Gasteiger partial charge in [0, 0.05) is 56.3 Å². The molecule has 1 saturated heterocycles. The molecule has 2 aliphatic heterocycles. The van der Waals surface area contributed by atoms with Crippen LogP contribution in [0.15, 0.2) is 24.5 Å². The fourth-order valence-electron chi connectivity index (χ4n) is 3.71. The van der Waals surface area contributed by atoms with Crippen molar-refractivity contribution in [1.82, 2.24) is 25.0 Å². The van der Waals surface area contributed by atoms with Crippen molar-refractivity contribution in [1.29, 1.82) is 0 Å². The second-order valence-corrected chi connectivity index (χ2v) is 7.20. The zero-order valence-electron chi connectivity index (χ0n) is 15.1. The number of piperidine rings is 1. The van der Waals surface area contributed by atoms with Crippen molar-refractivity contribution < 1.29 is 9.53 Å². The van der Waals surface area contributed by atoms with Gasteiger partial charge in [0.15, 0.2) is 5.69 Å². The van der Waals surface area contributed by atoms with Crippen LogP contribution in [0.4, 0.5) is 0 Å². The first kappa shape index (κ1) is 17.2. The van der Waals surface area contributed by atoms with E-state index in [9.17, 15) is 4.79 Å². The topological polar surface area (TPSA) is 74.4 Å². The third-order valence-corrected chi connectivity index (χ3v) is 5.20. The summed E-state index contributed by atoms with van der Waals surface area (Å²) in [5, 5.41) is 7.40. The number of pyridine rings is 1. The highest BCUT2D eigenvalue weighted by Gasteiger charge is 2.30. The van der Waals surface area contributed by atoms with Crippen molar-refractivity contribution in [2.75, 3.05) is 26.7 Å². The number of hydrogen-bond acceptors (Lipinski definition) is 5. The molecule has 2 aromatic heterocycles. The van der Waals surface area contributed by atoms with Gasteiger partial charge in [-0.15, -0.1) is 0 Å². The van der Waals surface area contributed by atoms with Crippen molar-refractivity contribution in [3.05, 3.63) is 47.0 Å². The van der Waals surface area contributed by atoms with Gasteiger partial charge in [0.1, 0.15) is 0 Å². The Hall–Kier alpha value is -2.25. The van der Waals surface area contributed by atoms with Crippen molar-refractivity contribution in [3.63, 3.8) is 0 Å². The minimum absolute atomic E-state index is 0.0208. The van der Waals surface area contributed by atoms with Crippen LogP contribution in [-0.2, 0) is 24.3 Å². The molecule has 0 aliphatic carbocycles. The molecule has 4 heterocycles. The molecule has 1 atom stereocenters. The minimum atomic E-state index is 0.0208. The van der Waals surface area contributed by atoms with Gasteiger partial charge >= 0.3 is 0 Å². The van der Waals surface area contributed by atoms with Gasteiger partial charge in [-0.05, 0) is 31.5 Å². The van der Waals surface area contributed by atoms with Gasteiger partial charge in [0.05, 0.1) is 12.7 Å². The lowest BCUT2D eigenvalue weighted by Crippen LogP contribution is -2.43. The van der Waals surface area contributed by atoms with Crippen LogP contribution in [0.3, 0.4) is 0 Å². The SMILES string of the molecule is CN1CCc2[nH]nc(C(=O)N3CCCC(OCc4cccnc4)C3)c2C1. The molecule has 0 radical (unpaired) electrons. The normalized spacial score (nSPS) is 20.8. The standard InChI is InChI=1S/C19H25N5O2/c1-23-9-6-17-16(12-23)18(22-21-17)19(25)24-8-3-5-15(11-24)26-13-14-4-2-7-20-10-14/h2,4,7,10,15H,3,5-6,8-9,11-13H2,1H3,(H,21,22). The zero-order valence-corrected chi connectivity index (χ0v) is 15.1. The van der Waals surface area contributed by atoms with Crippen molar-refractivity contribution in [3.8, 4) is 0 Å². The summed E-state index contributed by atoms with van der Waals surface area (Å²) in [6.45, 7) is 3.70. The largest absolute Gasteiger partial charge is 0.372 e. The van der Waals surface area contributed by atoms with Gasteiger partial charge < -0.3 is 14.5 Å². The van der Waals surface area contributed by atoms with Gasteiger partial charge in [-0.25, -0.2) is 0 Å². The van der Waals surface area contributed by atoms with Crippen LogP contribution < -0.4 is 0 Å². The lowest BCUT2D eigenvalue weighted by atomic mass is 10.0. The van der Waals surface area contributed by atoms with Crippen LogP contribution in [0.5, 0.6) is 0 Å². The fraction of sp³-hybridized carbons (Fsp3) is 0.526. The number of nitrogens with zero attached hydrogens (tertiary/aromatic N) is 4. The number of hydrogen-bond donors (Lipinski definition) is 1. The lowest BCUT2D eigenvalue weighted by molar-refractivity contribution is -0.00702. The molecule has 2 aromatic rings. The molecule has 7 heteroatoms. The summed E-state index contributed by atoms with van der Waals surface area (Å²) < 4.78 is 6.03. The van der Waals surface area contributed by atoms with Crippen LogP contribution in [0, 0.1) is 0 Å². The number of fused-ring (bicyclic) bond motifs is 1. The Morgan fingerprint density at radius 1 is 1.42 bits per heavy atom. The second kappa shape index (κ2) is 7.55. The first-order valence-electron chi connectivity index (χ1n) is 9.25. The molecule has 1 N–H and O–H groups in total. The van der Waals surface area contributed by atoms with Crippen LogP contribution in [0.25, 0.3) is 0 Å². The molecule has 1 fully saturated rings. The second-order valence-electron chi connectivity index (χ2n) is 7.20. The molecule has 7 nitrogen and oxygen atoms in total. The highest BCUT2D eigenvalue weighted by Crippen LogP contribution is 2.23. The Labute approximate surface area is 153 Å². The summed E-state index contributed by atoms with van der Waals surface area (Å²) >= 11 is 0. The molecule has 4 rings (SSSR count). The smallest absolute Gasteiger partial charge is 0.274 e. The van der Waals surface area contributed by atoms with Crippen LogP contribution >= 0.6 is 0 Å². The molecule has 0 bridgehead atoms. The van der Waals surface area contributed by atoms with E-state index in [0.717, 1.165) is 55.7 Å². The molecule has 138 valence electrons. The highest BCUT2D eigenvalue weighted by atomic mass is 16.5. The maximum absolute atomic E-state index is 13.0. The summed E-state index contributed by atoms with van der Waals surface area (Å²) in [4.78, 5) is 21.2. The van der Waals surface area contributed by atoms with E-state index in [1.54, 1.807) is 6.20 Å². The maximum atomic E-state index is 13.0. The number of likely N-dealkylation sites (N-methyl/N-ethyl adjacent to an activating group) is 1. The van der Waals surface area contributed by atoms with E-state index in [0.29, 0.717) is 18.8 Å². The van der Waals surface area contributed by atoms with Crippen LogP contribution in [-0.4, -0.2) is 63.7 Å². The number of ether oxygens (including phenoxy) is 1. The van der Waals surface area contributed by atoms with Crippen LogP contribution in [0.2, 0.25) is 0 Å². The summed E-state index contributed by atoms with van der Waals surface area (Å²) in [6, 6.07) is 3.92. The van der Waals surface area contributed by atoms with Gasteiger partial charge in [0.2, 0.25) is 0 Å². The highest BCUT2D eigenvalue weighted by molar-refractivity contribution is 5.94. The molecule has 1 amide bonds. The van der Waals surface area contributed by atoms with Gasteiger partial charge in [-0.3, -0.25) is 14.9 Å². The van der Waals surface area contributed by atoms with Crippen molar-refractivity contribution in [2.45, 2.75) is 38.5 Å². The van der Waals surface area contributed by atoms with Crippen molar-refractivity contribution in [2.24, 2.45) is 0 Å². The fourth-order valence-corrected chi connectivity index (χ4v) is 3.71. The Bertz CT molecular complexity index is 761. The average molecular weight is 355 g/mol. The summed E-state index contributed by atoms with van der Waals surface area (Å²) in [6.07, 6.45) is 6.49. The molecule has 1 unspecified atom stereocenters. The van der Waals surface area contributed by atoms with E-state index < -0.39 is 0 Å². The molecular formula is C19H25N5O2. The number of nitrogens with one attached hydrogen (secondary N) is 1. The monoisotopic (exact) mass is 355 g/mol. The van der Waals surface area contributed by atoms with E-state index >= 15 is 0 Å². The van der Waals surface area contributed by atoms with Gasteiger partial charge in [-0.2, -0.15) is 5.10 Å². The number of rotatable bonds is 4. The number of H-pyrrole nitrogens is 1. The molecule has 0 spiro atoms. The van der Waals surface area contributed by atoms with Gasteiger partial charge in [0.25, 0.3) is 5.91 Å². The Kier molecular flexibility index (Phi) is 4.99. The average Bonchev–Trinajstić information content (AvgIpc) is 3.10. The van der Waals surface area contributed by atoms with Gasteiger partial charge in [-0.1, -0.05) is 6.07 Å². The first-order valence-corrected chi connectivity index (χ1v) is 9.25. The van der Waals surface area contributed by atoms with E-state index in [2.05, 4.69) is 27.1 Å². The van der Waals surface area contributed by atoms with E-state index in [4.69, 9.17) is 4.74 Å². The number of aromatic nitrogens is 3. The molecular weight excluding hydrogens is 330 g/mol. The summed E-state index contributed by atoms with van der Waals surface area (Å²) in [5.74, 6) is 0.0208. The summed E-state index contributed by atoms with van der Waals surface area (Å²) in [5.41, 5.74) is 3.80. The maximum Gasteiger partial charge on any atom is 0.274 e. The number of amides is 1. The molecule has 0 aromatic carbocycles. The van der Waals surface area contributed by atoms with E-state index in [1.807, 2.05) is 23.2 Å². The molecule has 2 aliphatic rings. The van der Waals surface area contributed by atoms with E-state index in [-0.39, 0.29) is 12.0 Å². The number of aromatic amines is 1. The number of carbonyl (C=O) groups excluding carboxylic acids is 1. The Morgan fingerprint density at radius 3 is 3.19 bits per heavy atom. The number of likely N-dealkylation sites (tertiary alicyclic amines) is 1. The predicted octanol–water partition coefficient (Wildman–Crippen LogP) is 1.61. The first-order chi connectivity index (χ1) is 12.7.